The topological polar surface area (TPSA) is 35.5 Å². The van der Waals surface area contributed by atoms with Crippen LogP contribution in [0.1, 0.15) is 59.4 Å². The highest BCUT2D eigenvalue weighted by Crippen LogP contribution is 2.40. The zero-order chi connectivity index (χ0) is 19.9. The lowest BCUT2D eigenvalue weighted by Gasteiger charge is -2.32. The zero-order valence-corrected chi connectivity index (χ0v) is 17.3. The van der Waals surface area contributed by atoms with Gasteiger partial charge in [-0.05, 0) is 80.9 Å². The van der Waals surface area contributed by atoms with Crippen molar-refractivity contribution < 1.29 is 14.3 Å². The molecule has 0 bridgehead atoms. The maximum absolute atomic E-state index is 12.3. The second kappa shape index (κ2) is 9.59. The van der Waals surface area contributed by atoms with Crippen LogP contribution in [0, 0.1) is 5.41 Å². The number of benzene rings is 1. The van der Waals surface area contributed by atoms with Crippen molar-refractivity contribution in [2.24, 2.45) is 5.41 Å². The number of rotatable bonds is 8. The predicted octanol–water partition coefficient (Wildman–Crippen LogP) is 6.15. The van der Waals surface area contributed by atoms with Gasteiger partial charge in [0.05, 0.1) is 13.2 Å². The molecule has 2 rings (SSSR count). The highest BCUT2D eigenvalue weighted by atomic mass is 16.5. The Kier molecular flexibility index (Phi) is 7.46. The SMILES string of the molecule is CCOc1ccc(/C=C/C(=O)/C=C/C2=C(C)CCCC2(C)C)cc1OCC. The summed E-state index contributed by atoms with van der Waals surface area (Å²) in [6.45, 7) is 11.7. The molecule has 0 amide bonds. The molecule has 0 unspecified atom stereocenters. The van der Waals surface area contributed by atoms with Crippen molar-refractivity contribution in [3.05, 3.63) is 53.1 Å². The van der Waals surface area contributed by atoms with Gasteiger partial charge in [-0.15, -0.1) is 0 Å². The summed E-state index contributed by atoms with van der Waals surface area (Å²) in [5, 5.41) is 0. The van der Waals surface area contributed by atoms with Crippen LogP contribution in [0.5, 0.6) is 11.5 Å². The summed E-state index contributed by atoms with van der Waals surface area (Å²) >= 11 is 0. The average molecular weight is 369 g/mol. The Morgan fingerprint density at radius 3 is 2.41 bits per heavy atom. The number of hydrogen-bond acceptors (Lipinski definition) is 3. The predicted molar refractivity (Wildman–Crippen MR) is 112 cm³/mol. The lowest BCUT2D eigenvalue weighted by Crippen LogP contribution is -2.19. The van der Waals surface area contributed by atoms with Crippen molar-refractivity contribution >= 4 is 11.9 Å². The Hall–Kier alpha value is -2.29. The Labute approximate surface area is 163 Å². The number of carbonyl (C=O) groups is 1. The highest BCUT2D eigenvalue weighted by molar-refractivity contribution is 6.02. The molecule has 1 aromatic carbocycles. The molecule has 0 radical (unpaired) electrons. The van der Waals surface area contributed by atoms with E-state index in [1.54, 1.807) is 12.2 Å². The monoisotopic (exact) mass is 368 g/mol. The third-order valence-electron chi connectivity index (χ3n) is 4.96. The minimum Gasteiger partial charge on any atom is -0.490 e. The van der Waals surface area contributed by atoms with Crippen LogP contribution < -0.4 is 9.47 Å². The van der Waals surface area contributed by atoms with Crippen molar-refractivity contribution in [2.45, 2.75) is 53.9 Å². The van der Waals surface area contributed by atoms with E-state index in [1.165, 1.54) is 24.0 Å². The largest absolute Gasteiger partial charge is 0.490 e. The lowest BCUT2D eigenvalue weighted by atomic mass is 9.72. The summed E-state index contributed by atoms with van der Waals surface area (Å²) in [7, 11) is 0. The molecule has 0 fully saturated rings. The summed E-state index contributed by atoms with van der Waals surface area (Å²) in [6.07, 6.45) is 10.6. The molecule has 1 aromatic rings. The van der Waals surface area contributed by atoms with Crippen LogP contribution in [-0.4, -0.2) is 19.0 Å². The molecule has 0 atom stereocenters. The summed E-state index contributed by atoms with van der Waals surface area (Å²) in [6, 6.07) is 5.71. The van der Waals surface area contributed by atoms with Crippen LogP contribution in [0.2, 0.25) is 0 Å². The molecule has 0 N–H and O–H groups in total. The van der Waals surface area contributed by atoms with Crippen molar-refractivity contribution in [2.75, 3.05) is 13.2 Å². The minimum atomic E-state index is -0.0106. The van der Waals surface area contributed by atoms with Gasteiger partial charge in [0.15, 0.2) is 17.3 Å². The van der Waals surface area contributed by atoms with Gasteiger partial charge in [0, 0.05) is 0 Å². The number of hydrogen-bond donors (Lipinski definition) is 0. The first kappa shape index (κ1) is 21.0. The Balaban J connectivity index is 2.11. The molecular formula is C24H32O3. The van der Waals surface area contributed by atoms with Crippen LogP contribution in [0.15, 0.2) is 47.6 Å². The summed E-state index contributed by atoms with van der Waals surface area (Å²) in [5.41, 5.74) is 3.75. The first-order chi connectivity index (χ1) is 12.9. The Morgan fingerprint density at radius 1 is 1.07 bits per heavy atom. The third kappa shape index (κ3) is 5.85. The second-order valence-electron chi connectivity index (χ2n) is 7.57. The lowest BCUT2D eigenvalue weighted by molar-refractivity contribution is -0.110. The van der Waals surface area contributed by atoms with E-state index in [0.717, 1.165) is 17.7 Å². The summed E-state index contributed by atoms with van der Waals surface area (Å²) in [5.74, 6) is 1.42. The molecular weight excluding hydrogens is 336 g/mol. The van der Waals surface area contributed by atoms with Gasteiger partial charge in [-0.25, -0.2) is 0 Å². The van der Waals surface area contributed by atoms with E-state index >= 15 is 0 Å². The number of allylic oxidation sites excluding steroid dienone is 5. The van der Waals surface area contributed by atoms with E-state index in [2.05, 4.69) is 20.8 Å². The van der Waals surface area contributed by atoms with E-state index in [-0.39, 0.29) is 11.2 Å². The second-order valence-corrected chi connectivity index (χ2v) is 7.57. The van der Waals surface area contributed by atoms with Gasteiger partial charge in [0.25, 0.3) is 0 Å². The van der Waals surface area contributed by atoms with E-state index < -0.39 is 0 Å². The van der Waals surface area contributed by atoms with E-state index in [0.29, 0.717) is 19.0 Å². The first-order valence-corrected chi connectivity index (χ1v) is 9.87. The van der Waals surface area contributed by atoms with Crippen LogP contribution in [0.25, 0.3) is 6.08 Å². The molecule has 3 nitrogen and oxygen atoms in total. The fraction of sp³-hybridized carbons (Fsp3) is 0.458. The minimum absolute atomic E-state index is 0.0106. The third-order valence-corrected chi connectivity index (χ3v) is 4.96. The van der Waals surface area contributed by atoms with E-state index in [9.17, 15) is 4.79 Å². The van der Waals surface area contributed by atoms with Crippen molar-refractivity contribution in [1.82, 2.24) is 0 Å². The van der Waals surface area contributed by atoms with Crippen molar-refractivity contribution in [3.63, 3.8) is 0 Å². The first-order valence-electron chi connectivity index (χ1n) is 9.87. The Bertz CT molecular complexity index is 751. The molecule has 0 spiro atoms. The van der Waals surface area contributed by atoms with Gasteiger partial charge >= 0.3 is 0 Å². The quantitative estimate of drug-likeness (QED) is 0.516. The molecule has 0 aliphatic heterocycles. The molecule has 0 aromatic heterocycles. The zero-order valence-electron chi connectivity index (χ0n) is 17.3. The Morgan fingerprint density at radius 2 is 1.74 bits per heavy atom. The van der Waals surface area contributed by atoms with E-state index in [1.807, 2.05) is 44.2 Å². The van der Waals surface area contributed by atoms with Gasteiger partial charge in [0.2, 0.25) is 0 Å². The van der Waals surface area contributed by atoms with Crippen LogP contribution >= 0.6 is 0 Å². The van der Waals surface area contributed by atoms with Gasteiger partial charge in [0.1, 0.15) is 0 Å². The molecule has 0 saturated carbocycles. The fourth-order valence-electron chi connectivity index (χ4n) is 3.58. The molecule has 0 heterocycles. The number of ether oxygens (including phenoxy) is 2. The summed E-state index contributed by atoms with van der Waals surface area (Å²) in [4.78, 5) is 12.3. The molecule has 1 aliphatic carbocycles. The highest BCUT2D eigenvalue weighted by Gasteiger charge is 2.26. The van der Waals surface area contributed by atoms with Crippen LogP contribution in [0.4, 0.5) is 0 Å². The van der Waals surface area contributed by atoms with Gasteiger partial charge < -0.3 is 9.47 Å². The molecule has 0 saturated heterocycles. The average Bonchev–Trinajstić information content (AvgIpc) is 2.61. The van der Waals surface area contributed by atoms with Crippen LogP contribution in [0.3, 0.4) is 0 Å². The van der Waals surface area contributed by atoms with Crippen molar-refractivity contribution in [1.29, 1.82) is 0 Å². The maximum Gasteiger partial charge on any atom is 0.178 e. The molecule has 27 heavy (non-hydrogen) atoms. The summed E-state index contributed by atoms with van der Waals surface area (Å²) < 4.78 is 11.2. The number of ketones is 1. The smallest absolute Gasteiger partial charge is 0.178 e. The van der Waals surface area contributed by atoms with Crippen LogP contribution in [-0.2, 0) is 4.79 Å². The number of carbonyl (C=O) groups excluding carboxylic acids is 1. The molecule has 3 heteroatoms. The molecule has 1 aliphatic rings. The standard InChI is InChI=1S/C24H32O3/c1-6-26-22-15-11-19(17-23(22)27-7-2)10-12-20(25)13-14-21-18(3)9-8-16-24(21,4)5/h10-15,17H,6-9,16H2,1-5H3/b12-10+,14-13+. The normalized spacial score (nSPS) is 16.9. The molecule has 146 valence electrons. The van der Waals surface area contributed by atoms with Gasteiger partial charge in [-0.3, -0.25) is 4.79 Å². The van der Waals surface area contributed by atoms with Gasteiger partial charge in [-0.2, -0.15) is 0 Å². The van der Waals surface area contributed by atoms with Crippen molar-refractivity contribution in [3.8, 4) is 11.5 Å². The van der Waals surface area contributed by atoms with E-state index in [4.69, 9.17) is 9.47 Å². The fourth-order valence-corrected chi connectivity index (χ4v) is 3.58. The maximum atomic E-state index is 12.3. The van der Waals surface area contributed by atoms with Gasteiger partial charge in [-0.1, -0.05) is 37.6 Å².